The van der Waals surface area contributed by atoms with Gasteiger partial charge in [-0.3, -0.25) is 0 Å². The lowest BCUT2D eigenvalue weighted by atomic mass is 9.94. The second kappa shape index (κ2) is 7.14. The summed E-state index contributed by atoms with van der Waals surface area (Å²) in [4.78, 5) is 2.28. The Balaban J connectivity index is 1.97. The van der Waals surface area contributed by atoms with Gasteiger partial charge in [0.25, 0.3) is 0 Å². The van der Waals surface area contributed by atoms with Crippen LogP contribution >= 0.6 is 0 Å². The minimum atomic E-state index is 0.723. The van der Waals surface area contributed by atoms with Crippen molar-refractivity contribution < 1.29 is 0 Å². The highest BCUT2D eigenvalue weighted by molar-refractivity contribution is 6.17. The van der Waals surface area contributed by atoms with Gasteiger partial charge in [-0.2, -0.15) is 5.26 Å². The Hall–Kier alpha value is -4.09. The molecule has 5 rings (SSSR count). The predicted molar refractivity (Wildman–Crippen MR) is 121 cm³/mol. The van der Waals surface area contributed by atoms with Crippen LogP contribution in [0.4, 0.5) is 17.1 Å². The first kappa shape index (κ1) is 17.0. The lowest BCUT2D eigenvalue weighted by Crippen LogP contribution is -2.11. The number of fused-ring (bicyclic) bond motifs is 2. The molecule has 0 saturated carbocycles. The first-order chi connectivity index (χ1) is 14.4. The van der Waals surface area contributed by atoms with Gasteiger partial charge >= 0.3 is 0 Å². The van der Waals surface area contributed by atoms with Gasteiger partial charge in [-0.1, -0.05) is 84.9 Å². The van der Waals surface area contributed by atoms with Gasteiger partial charge in [-0.15, -0.1) is 0 Å². The van der Waals surface area contributed by atoms with E-state index in [1.54, 1.807) is 0 Å². The molecule has 5 aromatic carbocycles. The molecule has 0 aliphatic rings. The molecular formula is C27H18N2. The number of nitrogens with zero attached hydrogens (tertiary/aromatic N) is 2. The maximum absolute atomic E-state index is 9.93. The van der Waals surface area contributed by atoms with Crippen molar-refractivity contribution in [1.82, 2.24) is 0 Å². The van der Waals surface area contributed by atoms with Crippen molar-refractivity contribution in [3.8, 4) is 6.07 Å². The summed E-state index contributed by atoms with van der Waals surface area (Å²) in [5.74, 6) is 0. The summed E-state index contributed by atoms with van der Waals surface area (Å²) in [7, 11) is 0. The van der Waals surface area contributed by atoms with Gasteiger partial charge < -0.3 is 4.90 Å². The first-order valence-corrected chi connectivity index (χ1v) is 9.62. The number of para-hydroxylation sites is 2. The van der Waals surface area contributed by atoms with Crippen molar-refractivity contribution in [2.45, 2.75) is 0 Å². The number of anilines is 3. The standard InChI is InChI=1S/C27H18N2/c28-19-26-22-15-7-9-17-24(22)27(25-18-10-8-16-23(25)26)29(20-11-3-1-4-12-20)21-13-5-2-6-14-21/h1-18H. The molecule has 0 aliphatic carbocycles. The number of nitriles is 1. The molecule has 0 N–H and O–H groups in total. The van der Waals surface area contributed by atoms with Gasteiger partial charge in [-0.25, -0.2) is 0 Å². The molecule has 0 aliphatic heterocycles. The second-order valence-electron chi connectivity index (χ2n) is 6.93. The van der Waals surface area contributed by atoms with Gasteiger partial charge in [0.15, 0.2) is 0 Å². The summed E-state index contributed by atoms with van der Waals surface area (Å²) >= 11 is 0. The Labute approximate surface area is 169 Å². The van der Waals surface area contributed by atoms with Gasteiger partial charge in [0.2, 0.25) is 0 Å². The second-order valence-corrected chi connectivity index (χ2v) is 6.93. The fourth-order valence-corrected chi connectivity index (χ4v) is 4.03. The summed E-state index contributed by atoms with van der Waals surface area (Å²) < 4.78 is 0. The summed E-state index contributed by atoms with van der Waals surface area (Å²) in [5, 5.41) is 14.0. The molecule has 0 bridgehead atoms. The molecule has 2 heteroatoms. The van der Waals surface area contributed by atoms with Gasteiger partial charge in [0.1, 0.15) is 6.07 Å². The summed E-state index contributed by atoms with van der Waals surface area (Å²) in [6.45, 7) is 0. The van der Waals surface area contributed by atoms with Crippen LogP contribution in [0.5, 0.6) is 0 Å². The largest absolute Gasteiger partial charge is 0.309 e. The number of rotatable bonds is 3. The Bertz CT molecular complexity index is 1250. The summed E-state index contributed by atoms with van der Waals surface area (Å²) in [6, 6.07) is 39.6. The van der Waals surface area contributed by atoms with E-state index >= 15 is 0 Å². The highest BCUT2D eigenvalue weighted by Crippen LogP contribution is 2.44. The van der Waals surface area contributed by atoms with Crippen molar-refractivity contribution in [2.24, 2.45) is 0 Å². The quantitative estimate of drug-likeness (QED) is 0.311. The van der Waals surface area contributed by atoms with Crippen LogP contribution in [0.3, 0.4) is 0 Å². The van der Waals surface area contributed by atoms with E-state index in [0.29, 0.717) is 0 Å². The average Bonchev–Trinajstić information content (AvgIpc) is 2.80. The van der Waals surface area contributed by atoms with E-state index in [0.717, 1.165) is 44.2 Å². The van der Waals surface area contributed by atoms with E-state index in [9.17, 15) is 5.26 Å². The Morgan fingerprint density at radius 3 is 1.28 bits per heavy atom. The van der Waals surface area contributed by atoms with Crippen LogP contribution in [0, 0.1) is 11.3 Å². The van der Waals surface area contributed by atoms with E-state index in [1.165, 1.54) is 0 Å². The van der Waals surface area contributed by atoms with Crippen LogP contribution in [0.2, 0.25) is 0 Å². The van der Waals surface area contributed by atoms with Crippen molar-refractivity contribution in [2.75, 3.05) is 4.90 Å². The number of hydrogen-bond donors (Lipinski definition) is 0. The molecule has 29 heavy (non-hydrogen) atoms. The lowest BCUT2D eigenvalue weighted by Gasteiger charge is -2.28. The molecule has 0 unspecified atom stereocenters. The Morgan fingerprint density at radius 2 is 0.862 bits per heavy atom. The fourth-order valence-electron chi connectivity index (χ4n) is 4.03. The molecule has 0 saturated heterocycles. The van der Waals surface area contributed by atoms with Gasteiger partial charge in [0.05, 0.1) is 11.3 Å². The number of hydrogen-bond acceptors (Lipinski definition) is 2. The van der Waals surface area contributed by atoms with E-state index in [2.05, 4.69) is 71.6 Å². The van der Waals surface area contributed by atoms with Crippen LogP contribution in [-0.2, 0) is 0 Å². The zero-order valence-electron chi connectivity index (χ0n) is 15.8. The SMILES string of the molecule is N#Cc1c2ccccc2c(N(c2ccccc2)c2ccccc2)c2ccccc12. The van der Waals surface area contributed by atoms with Crippen LogP contribution in [-0.4, -0.2) is 0 Å². The Kier molecular flexibility index (Phi) is 4.20. The highest BCUT2D eigenvalue weighted by atomic mass is 15.1. The third kappa shape index (κ3) is 2.81. The Morgan fingerprint density at radius 1 is 0.483 bits per heavy atom. The fraction of sp³-hybridized carbons (Fsp3) is 0. The topological polar surface area (TPSA) is 27.0 Å². The molecule has 0 heterocycles. The van der Waals surface area contributed by atoms with E-state index < -0.39 is 0 Å². The van der Waals surface area contributed by atoms with Crippen molar-refractivity contribution >= 4 is 38.6 Å². The number of benzene rings is 5. The monoisotopic (exact) mass is 370 g/mol. The average molecular weight is 370 g/mol. The normalized spacial score (nSPS) is 10.7. The van der Waals surface area contributed by atoms with Gasteiger partial charge in [-0.05, 0) is 24.3 Å². The van der Waals surface area contributed by atoms with Crippen LogP contribution in [0.15, 0.2) is 109 Å². The van der Waals surface area contributed by atoms with Crippen LogP contribution in [0.1, 0.15) is 5.56 Å². The molecule has 2 nitrogen and oxygen atoms in total. The third-order valence-corrected chi connectivity index (χ3v) is 5.27. The highest BCUT2D eigenvalue weighted by Gasteiger charge is 2.20. The molecular weight excluding hydrogens is 352 g/mol. The zero-order chi connectivity index (χ0) is 19.6. The molecule has 0 atom stereocenters. The molecule has 136 valence electrons. The van der Waals surface area contributed by atoms with Crippen LogP contribution in [0.25, 0.3) is 21.5 Å². The predicted octanol–water partition coefficient (Wildman–Crippen LogP) is 7.33. The lowest BCUT2D eigenvalue weighted by molar-refractivity contribution is 1.31. The van der Waals surface area contributed by atoms with Gasteiger partial charge in [0, 0.05) is 32.9 Å². The zero-order valence-corrected chi connectivity index (χ0v) is 15.8. The molecule has 0 aromatic heterocycles. The van der Waals surface area contributed by atoms with E-state index in [1.807, 2.05) is 48.5 Å². The molecule has 0 spiro atoms. The molecule has 0 radical (unpaired) electrons. The minimum Gasteiger partial charge on any atom is -0.309 e. The summed E-state index contributed by atoms with van der Waals surface area (Å²) in [6.07, 6.45) is 0. The van der Waals surface area contributed by atoms with Crippen molar-refractivity contribution in [3.05, 3.63) is 115 Å². The molecule has 0 fully saturated rings. The van der Waals surface area contributed by atoms with E-state index in [-0.39, 0.29) is 0 Å². The maximum Gasteiger partial charge on any atom is 0.100 e. The first-order valence-electron chi connectivity index (χ1n) is 9.62. The smallest absolute Gasteiger partial charge is 0.100 e. The molecule has 5 aromatic rings. The third-order valence-electron chi connectivity index (χ3n) is 5.27. The minimum absolute atomic E-state index is 0.723. The summed E-state index contributed by atoms with van der Waals surface area (Å²) in [5.41, 5.74) is 3.98. The molecule has 0 amide bonds. The van der Waals surface area contributed by atoms with Crippen molar-refractivity contribution in [1.29, 1.82) is 5.26 Å². The maximum atomic E-state index is 9.93. The van der Waals surface area contributed by atoms with E-state index in [4.69, 9.17) is 0 Å². The van der Waals surface area contributed by atoms with Crippen molar-refractivity contribution in [3.63, 3.8) is 0 Å². The van der Waals surface area contributed by atoms with Crippen LogP contribution < -0.4 is 4.90 Å².